The van der Waals surface area contributed by atoms with Crippen LogP contribution in [0.25, 0.3) is 0 Å². The smallest absolute Gasteiger partial charge is 0.166 e. The molecule has 0 unspecified atom stereocenters. The van der Waals surface area contributed by atoms with Gasteiger partial charge in [-0.25, -0.2) is 0 Å². The predicted molar refractivity (Wildman–Crippen MR) is 73.9 cm³/mol. The highest BCUT2D eigenvalue weighted by Gasteiger charge is 2.62. The molecule has 0 rings (SSSR count). The molecule has 0 heterocycles. The van der Waals surface area contributed by atoms with Crippen LogP contribution in [-0.4, -0.2) is 18.0 Å². The molecule has 0 aromatic heterocycles. The summed E-state index contributed by atoms with van der Waals surface area (Å²) < 4.78 is 75.2. The number of unbranched alkanes of at least 4 members (excludes halogenated alkanes) is 7. The van der Waals surface area contributed by atoms with Gasteiger partial charge in [0.15, 0.2) is 6.04 Å². The first-order valence-electron chi connectivity index (χ1n) is 6.79. The molecule has 0 nitrogen and oxygen atoms in total. The number of rotatable bonds is 9. The topological polar surface area (TPSA) is 0 Å². The van der Waals surface area contributed by atoms with Crippen molar-refractivity contribution in [2.24, 2.45) is 0 Å². The molecule has 0 saturated heterocycles. The van der Waals surface area contributed by atoms with Gasteiger partial charge >= 0.3 is 11.8 Å². The van der Waals surface area contributed by atoms with E-state index in [1.54, 1.807) is 0 Å². The Morgan fingerprint density at radius 1 is 0.700 bits per heavy atom. The SMILES string of the molecule is CCCCCCCCCCP(=S)(C(F)(F)F)C(F)(F)F. The second-order valence-corrected chi connectivity index (χ2v) is 9.68. The number of halogens is 6. The lowest BCUT2D eigenvalue weighted by Gasteiger charge is -2.26. The van der Waals surface area contributed by atoms with Crippen LogP contribution in [0.3, 0.4) is 0 Å². The Bertz CT molecular complexity index is 292. The molecule has 0 N–H and O–H groups in total. The molecule has 0 amide bonds. The zero-order valence-electron chi connectivity index (χ0n) is 11.5. The summed E-state index contributed by atoms with van der Waals surface area (Å²) in [7, 11) is 0. The van der Waals surface area contributed by atoms with E-state index >= 15 is 0 Å². The summed E-state index contributed by atoms with van der Waals surface area (Å²) in [5.41, 5.74) is 0. The van der Waals surface area contributed by atoms with Crippen molar-refractivity contribution in [1.82, 2.24) is 0 Å². The maximum atomic E-state index is 12.5. The monoisotopic (exact) mass is 342 g/mol. The first-order chi connectivity index (χ1) is 9.06. The van der Waals surface area contributed by atoms with Crippen molar-refractivity contribution in [3.8, 4) is 0 Å². The average Bonchev–Trinajstić information content (AvgIpc) is 2.29. The highest BCUT2D eigenvalue weighted by molar-refractivity contribution is 8.15. The van der Waals surface area contributed by atoms with Gasteiger partial charge in [-0.1, -0.05) is 63.7 Å². The summed E-state index contributed by atoms with van der Waals surface area (Å²) in [6.45, 7) is 2.07. The van der Waals surface area contributed by atoms with Gasteiger partial charge in [-0.2, -0.15) is 26.3 Å². The van der Waals surface area contributed by atoms with Crippen LogP contribution in [0, 0.1) is 0 Å². The fourth-order valence-corrected chi connectivity index (χ4v) is 3.72. The van der Waals surface area contributed by atoms with Crippen LogP contribution in [0.15, 0.2) is 0 Å². The number of hydrogen-bond acceptors (Lipinski definition) is 1. The summed E-state index contributed by atoms with van der Waals surface area (Å²) in [5.74, 6) is -10.6. The standard InChI is InChI=1S/C12H21F6PS/c1-2-3-4-5-6-7-8-9-10-19(20,11(13,14)15)12(16,17)18/h2-10H2,1H3. The van der Waals surface area contributed by atoms with Gasteiger partial charge in [-0.05, 0) is 12.6 Å². The summed E-state index contributed by atoms with van der Waals surface area (Å²) >= 11 is 3.97. The fourth-order valence-electron chi connectivity index (χ4n) is 1.87. The zero-order chi connectivity index (χ0) is 15.9. The lowest BCUT2D eigenvalue weighted by atomic mass is 10.1. The van der Waals surface area contributed by atoms with E-state index in [1.165, 1.54) is 0 Å². The maximum absolute atomic E-state index is 12.5. The van der Waals surface area contributed by atoms with Crippen LogP contribution in [0.4, 0.5) is 26.3 Å². The van der Waals surface area contributed by atoms with Crippen molar-refractivity contribution in [1.29, 1.82) is 0 Å². The van der Waals surface area contributed by atoms with Gasteiger partial charge < -0.3 is 0 Å². The van der Waals surface area contributed by atoms with E-state index < -0.39 is 24.0 Å². The van der Waals surface area contributed by atoms with E-state index in [-0.39, 0.29) is 6.42 Å². The van der Waals surface area contributed by atoms with Crippen molar-refractivity contribution in [2.45, 2.75) is 70.1 Å². The van der Waals surface area contributed by atoms with Crippen molar-refractivity contribution < 1.29 is 26.3 Å². The molecule has 0 saturated carbocycles. The number of hydrogen-bond donors (Lipinski definition) is 0. The maximum Gasteiger partial charge on any atom is 0.422 e. The van der Waals surface area contributed by atoms with Crippen molar-refractivity contribution in [3.63, 3.8) is 0 Å². The summed E-state index contributed by atoms with van der Waals surface area (Å²) in [4.78, 5) is 0. The Morgan fingerprint density at radius 2 is 1.05 bits per heavy atom. The zero-order valence-corrected chi connectivity index (χ0v) is 13.2. The van der Waals surface area contributed by atoms with Gasteiger partial charge in [0.1, 0.15) is 0 Å². The van der Waals surface area contributed by atoms with Gasteiger partial charge in [0.2, 0.25) is 0 Å². The van der Waals surface area contributed by atoms with Crippen molar-refractivity contribution >= 4 is 17.8 Å². The van der Waals surface area contributed by atoms with Gasteiger partial charge in [0, 0.05) is 0 Å². The van der Waals surface area contributed by atoms with E-state index in [2.05, 4.69) is 18.7 Å². The minimum atomic E-state index is -5.32. The van der Waals surface area contributed by atoms with Crippen LogP contribution in [0.2, 0.25) is 0 Å². The molecule has 0 aromatic carbocycles. The summed E-state index contributed by atoms with van der Waals surface area (Å²) in [5, 5.41) is 0. The van der Waals surface area contributed by atoms with Crippen LogP contribution >= 0.6 is 6.04 Å². The lowest BCUT2D eigenvalue weighted by Crippen LogP contribution is -2.24. The first kappa shape index (κ1) is 20.2. The third-order valence-corrected chi connectivity index (χ3v) is 7.52. The molecule has 8 heteroatoms. The first-order valence-corrected chi connectivity index (χ1v) is 9.77. The van der Waals surface area contributed by atoms with Gasteiger partial charge in [-0.15, -0.1) is 0 Å². The molecule has 0 aromatic rings. The van der Waals surface area contributed by atoms with Crippen molar-refractivity contribution in [2.75, 3.05) is 6.16 Å². The van der Waals surface area contributed by atoms with Crippen molar-refractivity contribution in [3.05, 3.63) is 0 Å². The van der Waals surface area contributed by atoms with Crippen LogP contribution in [0.5, 0.6) is 0 Å². The summed E-state index contributed by atoms with van der Waals surface area (Å²) in [6, 6.07) is -5.32. The van der Waals surface area contributed by atoms with E-state index in [1.807, 2.05) is 0 Å². The Hall–Kier alpha value is 0.230. The van der Waals surface area contributed by atoms with Crippen LogP contribution in [0.1, 0.15) is 58.3 Å². The molecule has 0 aliphatic rings. The average molecular weight is 342 g/mol. The van der Waals surface area contributed by atoms with Gasteiger partial charge in [0.05, 0.1) is 0 Å². The molecule has 0 radical (unpaired) electrons. The third kappa shape index (κ3) is 6.33. The van der Waals surface area contributed by atoms with Gasteiger partial charge in [-0.3, -0.25) is 0 Å². The second kappa shape index (κ2) is 8.62. The third-order valence-electron chi connectivity index (χ3n) is 3.15. The predicted octanol–water partition coefficient (Wildman–Crippen LogP) is 6.65. The molecule has 0 bridgehead atoms. The number of alkyl halides is 6. The quantitative estimate of drug-likeness (QED) is 0.257. The van der Waals surface area contributed by atoms with E-state index in [9.17, 15) is 26.3 Å². The molecule has 0 atom stereocenters. The molecule has 122 valence electrons. The normalized spacial score (nSPS) is 13.8. The van der Waals surface area contributed by atoms with Crippen LogP contribution in [-0.2, 0) is 11.8 Å². The molecular formula is C12H21F6PS. The Labute approximate surface area is 121 Å². The molecular weight excluding hydrogens is 321 g/mol. The molecule has 20 heavy (non-hydrogen) atoms. The molecule has 0 spiro atoms. The highest BCUT2D eigenvalue weighted by atomic mass is 32.4. The van der Waals surface area contributed by atoms with E-state index in [0.29, 0.717) is 12.8 Å². The summed E-state index contributed by atoms with van der Waals surface area (Å²) in [6.07, 6.45) is 5.14. The minimum Gasteiger partial charge on any atom is -0.166 e. The molecule has 0 fully saturated rings. The molecule has 0 aliphatic heterocycles. The van der Waals surface area contributed by atoms with E-state index in [4.69, 9.17) is 0 Å². The van der Waals surface area contributed by atoms with Crippen LogP contribution < -0.4 is 0 Å². The minimum absolute atomic E-state index is 0.0932. The van der Waals surface area contributed by atoms with E-state index in [0.717, 1.165) is 32.1 Å². The second-order valence-electron chi connectivity index (χ2n) is 4.87. The van der Waals surface area contributed by atoms with Gasteiger partial charge in [0.25, 0.3) is 0 Å². The Morgan fingerprint density at radius 3 is 1.40 bits per heavy atom. The highest BCUT2D eigenvalue weighted by Crippen LogP contribution is 2.71. The fraction of sp³-hybridized carbons (Fsp3) is 1.00. The lowest BCUT2D eigenvalue weighted by molar-refractivity contribution is -0.0844. The Kier molecular flexibility index (Phi) is 8.72. The Balaban J connectivity index is 4.11. The molecule has 0 aliphatic carbocycles. The largest absolute Gasteiger partial charge is 0.422 e.